The van der Waals surface area contributed by atoms with Crippen LogP contribution in [-0.2, 0) is 14.8 Å². The Balaban J connectivity index is 2.00. The Bertz CT molecular complexity index is 1250. The minimum absolute atomic E-state index is 0.0556. The summed E-state index contributed by atoms with van der Waals surface area (Å²) in [4.78, 5) is 12.9. The smallest absolute Gasteiger partial charge is 0.268 e. The number of aryl methyl sites for hydroxylation is 1. The highest BCUT2D eigenvalue weighted by molar-refractivity contribution is 7.93. The van der Waals surface area contributed by atoms with Crippen molar-refractivity contribution in [1.82, 2.24) is 5.32 Å². The lowest BCUT2D eigenvalue weighted by Crippen LogP contribution is -2.41. The number of carbonyl (C=O) groups is 1. The van der Waals surface area contributed by atoms with E-state index in [-0.39, 0.29) is 32.4 Å². The van der Waals surface area contributed by atoms with Gasteiger partial charge in [0, 0.05) is 0 Å². The number of benzene rings is 3. The molecule has 1 amide bonds. The number of ether oxygens (including phenoxy) is 1. The molecule has 0 saturated heterocycles. The number of halogens is 2. The van der Waals surface area contributed by atoms with Crippen molar-refractivity contribution < 1.29 is 17.9 Å². The quantitative estimate of drug-likeness (QED) is 0.444. The largest absolute Gasteiger partial charge is 0.495 e. The van der Waals surface area contributed by atoms with E-state index < -0.39 is 22.5 Å². The number of rotatable bonds is 8. The van der Waals surface area contributed by atoms with Gasteiger partial charge in [-0.3, -0.25) is 9.10 Å². The fraction of sp³-hybridized carbons (Fsp3) is 0.208. The number of amides is 1. The summed E-state index contributed by atoms with van der Waals surface area (Å²) >= 11 is 12.2. The number of sulfonamides is 1. The normalized spacial score (nSPS) is 12.2. The summed E-state index contributed by atoms with van der Waals surface area (Å²) in [6, 6.07) is 18.3. The van der Waals surface area contributed by atoms with Gasteiger partial charge in [0.1, 0.15) is 17.2 Å². The van der Waals surface area contributed by atoms with E-state index in [1.807, 2.05) is 37.3 Å². The molecule has 0 spiro atoms. The lowest BCUT2D eigenvalue weighted by molar-refractivity contribution is -0.120. The predicted molar refractivity (Wildman–Crippen MR) is 132 cm³/mol. The van der Waals surface area contributed by atoms with E-state index in [4.69, 9.17) is 27.9 Å². The van der Waals surface area contributed by atoms with E-state index in [1.54, 1.807) is 19.1 Å². The van der Waals surface area contributed by atoms with Crippen LogP contribution in [0, 0.1) is 6.92 Å². The van der Waals surface area contributed by atoms with Gasteiger partial charge in [0.2, 0.25) is 5.91 Å². The average molecular weight is 507 g/mol. The van der Waals surface area contributed by atoms with Crippen molar-refractivity contribution in [2.75, 3.05) is 18.0 Å². The molecular weight excluding hydrogens is 483 g/mol. The van der Waals surface area contributed by atoms with E-state index in [0.29, 0.717) is 0 Å². The zero-order valence-corrected chi connectivity index (χ0v) is 20.7. The topological polar surface area (TPSA) is 75.7 Å². The molecule has 0 aromatic heterocycles. The van der Waals surface area contributed by atoms with Crippen LogP contribution in [0.4, 0.5) is 5.69 Å². The number of anilines is 1. The second kappa shape index (κ2) is 10.5. The van der Waals surface area contributed by atoms with Crippen LogP contribution >= 0.6 is 23.2 Å². The molecule has 0 fully saturated rings. The molecule has 3 aromatic rings. The molecule has 1 N–H and O–H groups in total. The van der Waals surface area contributed by atoms with E-state index >= 15 is 0 Å². The Hall–Kier alpha value is -2.74. The molecule has 0 radical (unpaired) electrons. The van der Waals surface area contributed by atoms with Crippen molar-refractivity contribution in [3.63, 3.8) is 0 Å². The van der Waals surface area contributed by atoms with E-state index in [2.05, 4.69) is 5.32 Å². The van der Waals surface area contributed by atoms with Crippen molar-refractivity contribution in [3.8, 4) is 5.75 Å². The summed E-state index contributed by atoms with van der Waals surface area (Å²) in [5, 5.41) is 3.29. The van der Waals surface area contributed by atoms with Gasteiger partial charge in [-0.25, -0.2) is 8.42 Å². The van der Waals surface area contributed by atoms with Crippen LogP contribution in [0.3, 0.4) is 0 Å². The van der Waals surface area contributed by atoms with Crippen LogP contribution < -0.4 is 14.4 Å². The van der Waals surface area contributed by atoms with Crippen molar-refractivity contribution in [2.24, 2.45) is 0 Å². The zero-order valence-electron chi connectivity index (χ0n) is 18.4. The van der Waals surface area contributed by atoms with Gasteiger partial charge in [-0.1, -0.05) is 59.6 Å². The van der Waals surface area contributed by atoms with E-state index in [1.165, 1.54) is 31.4 Å². The number of methoxy groups -OCH3 is 1. The SMILES string of the molecule is COc1ccc(C)cc1S(=O)(=O)N(CC(=O)N[C@H](C)c1ccccc1)c1ccc(Cl)c(Cl)c1. The van der Waals surface area contributed by atoms with Gasteiger partial charge >= 0.3 is 0 Å². The molecule has 0 aliphatic carbocycles. The summed E-state index contributed by atoms with van der Waals surface area (Å²) < 4.78 is 33.8. The molecule has 6 nitrogen and oxygen atoms in total. The zero-order chi connectivity index (χ0) is 24.2. The van der Waals surface area contributed by atoms with Crippen molar-refractivity contribution >= 4 is 44.8 Å². The van der Waals surface area contributed by atoms with Gasteiger partial charge in [-0.15, -0.1) is 0 Å². The standard InChI is InChI=1S/C24H24Cl2N2O4S/c1-16-9-12-22(32-3)23(13-16)33(30,31)28(19-10-11-20(25)21(26)14-19)15-24(29)27-17(2)18-7-5-4-6-8-18/h4-14,17H,15H2,1-3H3,(H,27,29)/t17-/m1/s1. The molecule has 0 aliphatic rings. The first-order valence-corrected chi connectivity index (χ1v) is 12.3. The molecule has 0 heterocycles. The molecule has 1 atom stereocenters. The maximum absolute atomic E-state index is 13.7. The van der Waals surface area contributed by atoms with Crippen LogP contribution in [0.2, 0.25) is 10.0 Å². The molecule has 3 rings (SSSR count). The van der Waals surface area contributed by atoms with Gasteiger partial charge in [-0.05, 0) is 55.3 Å². The van der Waals surface area contributed by atoms with Gasteiger partial charge in [0.25, 0.3) is 10.0 Å². The van der Waals surface area contributed by atoms with Crippen LogP contribution in [0.15, 0.2) is 71.6 Å². The first kappa shape index (κ1) is 24.9. The summed E-state index contributed by atoms with van der Waals surface area (Å²) in [7, 11) is -2.81. The minimum Gasteiger partial charge on any atom is -0.495 e. The maximum Gasteiger partial charge on any atom is 0.268 e. The van der Waals surface area contributed by atoms with Gasteiger partial charge in [0.05, 0.1) is 28.9 Å². The Morgan fingerprint density at radius 3 is 2.36 bits per heavy atom. The Morgan fingerprint density at radius 1 is 1.03 bits per heavy atom. The van der Waals surface area contributed by atoms with Crippen LogP contribution in [-0.4, -0.2) is 28.0 Å². The number of nitrogens with zero attached hydrogens (tertiary/aromatic N) is 1. The highest BCUT2D eigenvalue weighted by atomic mass is 35.5. The van der Waals surface area contributed by atoms with Gasteiger partial charge in [0.15, 0.2) is 0 Å². The number of carbonyl (C=O) groups excluding carboxylic acids is 1. The maximum atomic E-state index is 13.7. The number of hydrogen-bond acceptors (Lipinski definition) is 4. The average Bonchev–Trinajstić information content (AvgIpc) is 2.79. The third kappa shape index (κ3) is 5.79. The number of hydrogen-bond donors (Lipinski definition) is 1. The third-order valence-electron chi connectivity index (χ3n) is 5.04. The molecular formula is C24H24Cl2N2O4S. The molecule has 174 valence electrons. The summed E-state index contributed by atoms with van der Waals surface area (Å²) in [5.41, 5.74) is 1.83. The molecule has 0 bridgehead atoms. The summed E-state index contributed by atoms with van der Waals surface area (Å²) in [6.45, 7) is 3.14. The molecule has 0 unspecified atom stereocenters. The van der Waals surface area contributed by atoms with Gasteiger partial charge in [-0.2, -0.15) is 0 Å². The lowest BCUT2D eigenvalue weighted by Gasteiger charge is -2.26. The van der Waals surface area contributed by atoms with E-state index in [0.717, 1.165) is 15.4 Å². The van der Waals surface area contributed by atoms with E-state index in [9.17, 15) is 13.2 Å². The van der Waals surface area contributed by atoms with Crippen molar-refractivity contribution in [1.29, 1.82) is 0 Å². The lowest BCUT2D eigenvalue weighted by atomic mass is 10.1. The third-order valence-corrected chi connectivity index (χ3v) is 7.58. The monoisotopic (exact) mass is 506 g/mol. The van der Waals surface area contributed by atoms with Crippen LogP contribution in [0.25, 0.3) is 0 Å². The first-order chi connectivity index (χ1) is 15.6. The Morgan fingerprint density at radius 2 is 1.73 bits per heavy atom. The first-order valence-electron chi connectivity index (χ1n) is 10.1. The second-order valence-corrected chi connectivity index (χ2v) is 10.1. The second-order valence-electron chi connectivity index (χ2n) is 7.46. The summed E-state index contributed by atoms with van der Waals surface area (Å²) in [6.07, 6.45) is 0. The van der Waals surface area contributed by atoms with Crippen LogP contribution in [0.5, 0.6) is 5.75 Å². The minimum atomic E-state index is -4.20. The molecule has 0 saturated carbocycles. The van der Waals surface area contributed by atoms with Gasteiger partial charge < -0.3 is 10.1 Å². The Labute approximate surface area is 204 Å². The fourth-order valence-corrected chi connectivity index (χ4v) is 5.25. The summed E-state index contributed by atoms with van der Waals surface area (Å²) in [5.74, 6) is -0.309. The predicted octanol–water partition coefficient (Wildman–Crippen LogP) is 5.38. The molecule has 0 aliphatic heterocycles. The molecule has 9 heteroatoms. The van der Waals surface area contributed by atoms with Crippen molar-refractivity contribution in [3.05, 3.63) is 87.9 Å². The highest BCUT2D eigenvalue weighted by Crippen LogP contribution is 2.33. The fourth-order valence-electron chi connectivity index (χ4n) is 3.30. The molecule has 33 heavy (non-hydrogen) atoms. The Kier molecular flexibility index (Phi) is 7.89. The highest BCUT2D eigenvalue weighted by Gasteiger charge is 2.31. The number of nitrogens with one attached hydrogen (secondary N) is 1. The molecule has 3 aromatic carbocycles. The van der Waals surface area contributed by atoms with Crippen molar-refractivity contribution in [2.45, 2.75) is 24.8 Å². The van der Waals surface area contributed by atoms with Crippen LogP contribution in [0.1, 0.15) is 24.1 Å².